The molecule has 1 saturated carbocycles. The summed E-state index contributed by atoms with van der Waals surface area (Å²) < 4.78 is 0.231. The molecule has 0 bridgehead atoms. The lowest BCUT2D eigenvalue weighted by Crippen LogP contribution is -2.23. The van der Waals surface area contributed by atoms with Gasteiger partial charge in [0.05, 0.1) is 0 Å². The van der Waals surface area contributed by atoms with E-state index in [-0.39, 0.29) is 9.86 Å². The maximum absolute atomic E-state index is 11.0. The first-order chi connectivity index (χ1) is 5.31. The zero-order chi connectivity index (χ0) is 7.73. The topological polar surface area (TPSA) is 17.1 Å². The second-order valence-electron chi connectivity index (χ2n) is 3.38. The van der Waals surface area contributed by atoms with E-state index in [1.54, 1.807) is 6.08 Å². The van der Waals surface area contributed by atoms with Crippen molar-refractivity contribution in [2.75, 3.05) is 0 Å². The van der Waals surface area contributed by atoms with Crippen LogP contribution in [0.3, 0.4) is 0 Å². The fourth-order valence-electron chi connectivity index (χ4n) is 1.91. The van der Waals surface area contributed by atoms with Gasteiger partial charge in [-0.2, -0.15) is 0 Å². The number of carbonyl (C=O) groups is 1. The number of thioether (sulfide) groups is 1. The van der Waals surface area contributed by atoms with Gasteiger partial charge >= 0.3 is 0 Å². The van der Waals surface area contributed by atoms with Crippen LogP contribution in [0, 0.1) is 0 Å². The van der Waals surface area contributed by atoms with Crippen LogP contribution in [0.2, 0.25) is 0 Å². The molecule has 0 radical (unpaired) electrons. The van der Waals surface area contributed by atoms with E-state index in [1.807, 2.05) is 0 Å². The summed E-state index contributed by atoms with van der Waals surface area (Å²) in [6.07, 6.45) is 10.2. The van der Waals surface area contributed by atoms with Crippen LogP contribution in [-0.2, 0) is 4.79 Å². The third-order valence-electron chi connectivity index (χ3n) is 2.53. The molecule has 1 heterocycles. The van der Waals surface area contributed by atoms with Crippen LogP contribution < -0.4 is 0 Å². The lowest BCUT2D eigenvalue weighted by atomic mass is 9.88. The summed E-state index contributed by atoms with van der Waals surface area (Å²) in [5, 5.41) is 0.256. The summed E-state index contributed by atoms with van der Waals surface area (Å²) in [4.78, 5) is 11.0. The Hall–Kier alpha value is -0.240. The van der Waals surface area contributed by atoms with Crippen molar-refractivity contribution in [3.63, 3.8) is 0 Å². The lowest BCUT2D eigenvalue weighted by Gasteiger charge is -2.29. The van der Waals surface area contributed by atoms with E-state index in [2.05, 4.69) is 6.08 Å². The molecule has 0 aromatic heterocycles. The van der Waals surface area contributed by atoms with Crippen LogP contribution in [0.15, 0.2) is 12.2 Å². The van der Waals surface area contributed by atoms with E-state index < -0.39 is 0 Å². The van der Waals surface area contributed by atoms with Crippen LogP contribution in [0.25, 0.3) is 0 Å². The van der Waals surface area contributed by atoms with Crippen molar-refractivity contribution in [3.8, 4) is 0 Å². The number of carbonyl (C=O) groups excluding carboxylic acids is 1. The molecule has 0 unspecified atom stereocenters. The van der Waals surface area contributed by atoms with E-state index in [4.69, 9.17) is 0 Å². The maximum atomic E-state index is 11.0. The van der Waals surface area contributed by atoms with Gasteiger partial charge in [0.25, 0.3) is 0 Å². The molecule has 0 aromatic rings. The Morgan fingerprint density at radius 1 is 1.27 bits per heavy atom. The normalized spacial score (nSPS) is 28.2. The molecule has 11 heavy (non-hydrogen) atoms. The third kappa shape index (κ3) is 1.36. The van der Waals surface area contributed by atoms with Gasteiger partial charge in [-0.25, -0.2) is 0 Å². The molecular weight excluding hydrogens is 156 g/mol. The van der Waals surface area contributed by atoms with E-state index in [1.165, 1.54) is 43.9 Å². The molecule has 2 aliphatic rings. The van der Waals surface area contributed by atoms with Gasteiger partial charge in [-0.3, -0.25) is 4.79 Å². The lowest BCUT2D eigenvalue weighted by molar-refractivity contribution is -0.106. The van der Waals surface area contributed by atoms with Gasteiger partial charge in [0.1, 0.15) is 0 Å². The summed E-state index contributed by atoms with van der Waals surface area (Å²) in [6.45, 7) is 0. The number of hydrogen-bond acceptors (Lipinski definition) is 2. The average Bonchev–Trinajstić information content (AvgIpc) is 2.34. The predicted octanol–water partition coefficient (Wildman–Crippen LogP) is 2.52. The summed E-state index contributed by atoms with van der Waals surface area (Å²) in [5.41, 5.74) is 0. The Labute approximate surface area is 71.2 Å². The number of hydrogen-bond donors (Lipinski definition) is 0. The smallest absolute Gasteiger partial charge is 0.212 e. The molecule has 0 atom stereocenters. The Morgan fingerprint density at radius 3 is 2.55 bits per heavy atom. The molecule has 0 saturated heterocycles. The average molecular weight is 168 g/mol. The zero-order valence-electron chi connectivity index (χ0n) is 6.51. The van der Waals surface area contributed by atoms with Crippen LogP contribution in [0.1, 0.15) is 32.1 Å². The van der Waals surface area contributed by atoms with E-state index in [0.29, 0.717) is 0 Å². The second-order valence-corrected chi connectivity index (χ2v) is 4.80. The van der Waals surface area contributed by atoms with Crippen molar-refractivity contribution in [2.24, 2.45) is 0 Å². The third-order valence-corrected chi connectivity index (χ3v) is 3.82. The van der Waals surface area contributed by atoms with Crippen LogP contribution >= 0.6 is 11.8 Å². The van der Waals surface area contributed by atoms with Gasteiger partial charge in [-0.05, 0) is 18.9 Å². The summed E-state index contributed by atoms with van der Waals surface area (Å²) in [5.74, 6) is 0. The minimum Gasteiger partial charge on any atom is -0.282 e. The largest absolute Gasteiger partial charge is 0.282 e. The fraction of sp³-hybridized carbons (Fsp3) is 0.667. The molecule has 2 heteroatoms. The molecule has 1 nitrogen and oxygen atoms in total. The molecule has 1 fully saturated rings. The Balaban J connectivity index is 2.10. The first kappa shape index (κ1) is 7.41. The monoisotopic (exact) mass is 168 g/mol. The van der Waals surface area contributed by atoms with Crippen molar-refractivity contribution >= 4 is 16.9 Å². The molecule has 1 aliphatic heterocycles. The molecule has 1 aliphatic carbocycles. The minimum absolute atomic E-state index is 0.231. The molecule has 2 rings (SSSR count). The molecule has 0 aromatic carbocycles. The zero-order valence-corrected chi connectivity index (χ0v) is 7.32. The van der Waals surface area contributed by atoms with E-state index >= 15 is 0 Å². The summed E-state index contributed by atoms with van der Waals surface area (Å²) in [6, 6.07) is 0. The van der Waals surface area contributed by atoms with Crippen molar-refractivity contribution in [1.82, 2.24) is 0 Å². The highest BCUT2D eigenvalue weighted by Gasteiger charge is 2.35. The van der Waals surface area contributed by atoms with Crippen molar-refractivity contribution in [3.05, 3.63) is 12.2 Å². The highest BCUT2D eigenvalue weighted by molar-refractivity contribution is 8.15. The standard InChI is InChI=1S/C9H12OS/c10-8-4-7-9(11-8)5-2-1-3-6-9/h4,7H,1-3,5-6H2. The predicted molar refractivity (Wildman–Crippen MR) is 47.6 cm³/mol. The summed E-state index contributed by atoms with van der Waals surface area (Å²) >= 11 is 1.54. The van der Waals surface area contributed by atoms with Gasteiger partial charge in [0, 0.05) is 4.75 Å². The molecule has 1 spiro atoms. The first-order valence-corrected chi connectivity index (χ1v) is 5.05. The van der Waals surface area contributed by atoms with Crippen LogP contribution in [0.5, 0.6) is 0 Å². The SMILES string of the molecule is O=C1C=CC2(CCCCC2)S1. The van der Waals surface area contributed by atoms with Crippen LogP contribution in [0.4, 0.5) is 0 Å². The van der Waals surface area contributed by atoms with Crippen molar-refractivity contribution in [1.29, 1.82) is 0 Å². The highest BCUT2D eigenvalue weighted by Crippen LogP contribution is 2.44. The summed E-state index contributed by atoms with van der Waals surface area (Å²) in [7, 11) is 0. The molecular formula is C9H12OS. The van der Waals surface area contributed by atoms with Crippen molar-refractivity contribution in [2.45, 2.75) is 36.9 Å². The molecule has 0 N–H and O–H groups in total. The van der Waals surface area contributed by atoms with Crippen molar-refractivity contribution < 1.29 is 4.79 Å². The molecule has 0 amide bonds. The van der Waals surface area contributed by atoms with Gasteiger partial charge in [0.15, 0.2) is 0 Å². The Morgan fingerprint density at radius 2 is 2.00 bits per heavy atom. The van der Waals surface area contributed by atoms with Gasteiger partial charge in [0.2, 0.25) is 5.12 Å². The first-order valence-electron chi connectivity index (χ1n) is 4.23. The minimum atomic E-state index is 0.231. The fourth-order valence-corrected chi connectivity index (χ4v) is 3.07. The van der Waals surface area contributed by atoms with Gasteiger partial charge in [-0.1, -0.05) is 37.1 Å². The maximum Gasteiger partial charge on any atom is 0.212 e. The van der Waals surface area contributed by atoms with E-state index in [0.717, 1.165) is 0 Å². The highest BCUT2D eigenvalue weighted by atomic mass is 32.2. The number of rotatable bonds is 0. The quantitative estimate of drug-likeness (QED) is 0.553. The Kier molecular flexibility index (Phi) is 1.80. The second kappa shape index (κ2) is 2.67. The Bertz CT molecular complexity index is 202. The van der Waals surface area contributed by atoms with E-state index in [9.17, 15) is 4.79 Å². The molecule has 60 valence electrons. The van der Waals surface area contributed by atoms with Gasteiger partial charge in [-0.15, -0.1) is 0 Å². The van der Waals surface area contributed by atoms with Crippen LogP contribution in [-0.4, -0.2) is 9.86 Å². The van der Waals surface area contributed by atoms with Gasteiger partial charge < -0.3 is 0 Å².